The van der Waals surface area contributed by atoms with E-state index >= 15 is 0 Å². The first-order valence-electron chi connectivity index (χ1n) is 8.26. The van der Waals surface area contributed by atoms with Gasteiger partial charge in [0.25, 0.3) is 5.91 Å². The molecule has 0 aliphatic carbocycles. The van der Waals surface area contributed by atoms with Crippen molar-refractivity contribution >= 4 is 23.2 Å². The molecule has 0 unspecified atom stereocenters. The molecule has 0 radical (unpaired) electrons. The Morgan fingerprint density at radius 1 is 0.923 bits per heavy atom. The van der Waals surface area contributed by atoms with E-state index in [9.17, 15) is 9.59 Å². The van der Waals surface area contributed by atoms with E-state index in [1.807, 2.05) is 44.2 Å². The van der Waals surface area contributed by atoms with Crippen molar-refractivity contribution in [2.75, 3.05) is 10.6 Å². The van der Waals surface area contributed by atoms with Gasteiger partial charge in [-0.2, -0.15) is 5.10 Å². The van der Waals surface area contributed by atoms with Crippen LogP contribution in [0.1, 0.15) is 28.5 Å². The zero-order valence-corrected chi connectivity index (χ0v) is 14.9. The molecule has 2 N–H and O–H groups in total. The second-order valence-electron chi connectivity index (χ2n) is 6.00. The third-order valence-corrected chi connectivity index (χ3v) is 4.15. The maximum Gasteiger partial charge on any atom is 0.259 e. The number of hydrogen-bond acceptors (Lipinski definition) is 3. The first-order valence-corrected chi connectivity index (χ1v) is 8.26. The van der Waals surface area contributed by atoms with Crippen molar-refractivity contribution in [1.82, 2.24) is 9.78 Å². The van der Waals surface area contributed by atoms with Crippen LogP contribution in [0.4, 0.5) is 11.4 Å². The molecule has 132 valence electrons. The van der Waals surface area contributed by atoms with Gasteiger partial charge < -0.3 is 10.6 Å². The fourth-order valence-electron chi connectivity index (χ4n) is 2.75. The fraction of sp³-hybridized carbons (Fsp3) is 0.150. The zero-order valence-electron chi connectivity index (χ0n) is 14.9. The molecule has 6 heteroatoms. The fourth-order valence-corrected chi connectivity index (χ4v) is 2.75. The van der Waals surface area contributed by atoms with E-state index in [1.165, 1.54) is 6.92 Å². The van der Waals surface area contributed by atoms with Crippen LogP contribution in [-0.4, -0.2) is 21.6 Å². The lowest BCUT2D eigenvalue weighted by molar-refractivity contribution is -0.114. The van der Waals surface area contributed by atoms with Crippen LogP contribution in [0.2, 0.25) is 0 Å². The Balaban J connectivity index is 1.86. The van der Waals surface area contributed by atoms with Gasteiger partial charge in [0.1, 0.15) is 0 Å². The summed E-state index contributed by atoms with van der Waals surface area (Å²) in [6.45, 7) is 5.16. The van der Waals surface area contributed by atoms with Gasteiger partial charge in [0.15, 0.2) is 0 Å². The normalized spacial score (nSPS) is 10.4. The number of carbonyl (C=O) groups excluding carboxylic acids is 2. The number of aromatic nitrogens is 2. The lowest BCUT2D eigenvalue weighted by Gasteiger charge is -2.12. The topological polar surface area (TPSA) is 76.0 Å². The summed E-state index contributed by atoms with van der Waals surface area (Å²) in [5.74, 6) is -0.399. The summed E-state index contributed by atoms with van der Waals surface area (Å²) in [5.41, 5.74) is 4.26. The predicted molar refractivity (Wildman–Crippen MR) is 102 cm³/mol. The molecule has 0 atom stereocenters. The van der Waals surface area contributed by atoms with Gasteiger partial charge in [-0.05, 0) is 43.7 Å². The molecule has 0 aliphatic rings. The van der Waals surface area contributed by atoms with E-state index in [-0.39, 0.29) is 11.8 Å². The minimum Gasteiger partial charge on any atom is -0.326 e. The molecule has 0 saturated carbocycles. The van der Waals surface area contributed by atoms with Crippen LogP contribution >= 0.6 is 0 Å². The van der Waals surface area contributed by atoms with Crippen LogP contribution in [-0.2, 0) is 4.79 Å². The monoisotopic (exact) mass is 348 g/mol. The lowest BCUT2D eigenvalue weighted by atomic mass is 10.1. The summed E-state index contributed by atoms with van der Waals surface area (Å²) in [5, 5.41) is 9.99. The minimum atomic E-state index is -0.243. The number of nitrogens with zero attached hydrogens (tertiary/aromatic N) is 2. The summed E-state index contributed by atoms with van der Waals surface area (Å²) < 4.78 is 1.73. The van der Waals surface area contributed by atoms with Gasteiger partial charge in [-0.15, -0.1) is 0 Å². The highest BCUT2D eigenvalue weighted by Crippen LogP contribution is 2.24. The molecule has 0 spiro atoms. The van der Waals surface area contributed by atoms with Gasteiger partial charge in [-0.3, -0.25) is 9.59 Å². The SMILES string of the molecule is CC(=O)Nc1cccc(NC(=O)c2cnn(-c3ccccc3)c2C)c1C. The van der Waals surface area contributed by atoms with Crippen LogP contribution in [0.15, 0.2) is 54.7 Å². The number of para-hydroxylation sites is 1. The summed E-state index contributed by atoms with van der Waals surface area (Å²) >= 11 is 0. The Bertz CT molecular complexity index is 961. The van der Waals surface area contributed by atoms with Gasteiger partial charge >= 0.3 is 0 Å². The molecule has 26 heavy (non-hydrogen) atoms. The van der Waals surface area contributed by atoms with E-state index in [0.29, 0.717) is 16.9 Å². The zero-order chi connectivity index (χ0) is 18.7. The summed E-state index contributed by atoms with van der Waals surface area (Å²) in [6, 6.07) is 15.0. The molecule has 0 saturated heterocycles. The highest BCUT2D eigenvalue weighted by molar-refractivity contribution is 6.06. The van der Waals surface area contributed by atoms with E-state index in [4.69, 9.17) is 0 Å². The number of hydrogen-bond donors (Lipinski definition) is 2. The largest absolute Gasteiger partial charge is 0.326 e. The maximum absolute atomic E-state index is 12.7. The molecule has 0 bridgehead atoms. The molecule has 2 aromatic carbocycles. The molecule has 2 amide bonds. The standard InChI is InChI=1S/C20H20N4O2/c1-13-18(22-15(3)25)10-7-11-19(13)23-20(26)17-12-21-24(14(17)2)16-8-5-4-6-9-16/h4-12H,1-3H3,(H,22,25)(H,23,26). The van der Waals surface area contributed by atoms with Gasteiger partial charge in [0.05, 0.1) is 23.1 Å². The summed E-state index contributed by atoms with van der Waals surface area (Å²) in [6.07, 6.45) is 1.56. The van der Waals surface area contributed by atoms with Crippen LogP contribution in [0.3, 0.4) is 0 Å². The number of benzene rings is 2. The number of rotatable bonds is 4. The second-order valence-corrected chi connectivity index (χ2v) is 6.00. The first-order chi connectivity index (χ1) is 12.5. The molecule has 6 nitrogen and oxygen atoms in total. The quantitative estimate of drug-likeness (QED) is 0.755. The highest BCUT2D eigenvalue weighted by Gasteiger charge is 2.16. The average molecular weight is 348 g/mol. The Morgan fingerprint density at radius 2 is 1.58 bits per heavy atom. The Labute approximate surface area is 151 Å². The molecule has 0 aliphatic heterocycles. The number of amides is 2. The van der Waals surface area contributed by atoms with Gasteiger partial charge in [-0.1, -0.05) is 24.3 Å². The molecule has 3 aromatic rings. The average Bonchev–Trinajstić information content (AvgIpc) is 3.00. The van der Waals surface area contributed by atoms with Crippen molar-refractivity contribution in [3.8, 4) is 5.69 Å². The second kappa shape index (κ2) is 7.23. The minimum absolute atomic E-state index is 0.156. The summed E-state index contributed by atoms with van der Waals surface area (Å²) in [7, 11) is 0. The number of carbonyl (C=O) groups is 2. The van der Waals surface area contributed by atoms with Crippen LogP contribution < -0.4 is 10.6 Å². The lowest BCUT2D eigenvalue weighted by Crippen LogP contribution is -2.15. The van der Waals surface area contributed by atoms with Crippen molar-refractivity contribution in [2.24, 2.45) is 0 Å². The number of anilines is 2. The molecule has 0 fully saturated rings. The molecule has 1 aromatic heterocycles. The van der Waals surface area contributed by atoms with Gasteiger partial charge in [0.2, 0.25) is 5.91 Å². The van der Waals surface area contributed by atoms with E-state index in [2.05, 4.69) is 15.7 Å². The Morgan fingerprint density at radius 3 is 2.23 bits per heavy atom. The van der Waals surface area contributed by atoms with Crippen LogP contribution in [0.25, 0.3) is 5.69 Å². The van der Waals surface area contributed by atoms with Gasteiger partial charge in [-0.25, -0.2) is 4.68 Å². The van der Waals surface area contributed by atoms with E-state index in [0.717, 1.165) is 16.9 Å². The van der Waals surface area contributed by atoms with Crippen molar-refractivity contribution in [3.05, 3.63) is 71.5 Å². The first kappa shape index (κ1) is 17.4. The van der Waals surface area contributed by atoms with Crippen LogP contribution in [0.5, 0.6) is 0 Å². The smallest absolute Gasteiger partial charge is 0.259 e. The van der Waals surface area contributed by atoms with Crippen molar-refractivity contribution in [1.29, 1.82) is 0 Å². The van der Waals surface area contributed by atoms with Gasteiger partial charge in [0, 0.05) is 18.3 Å². The van der Waals surface area contributed by atoms with E-state index < -0.39 is 0 Å². The molecular weight excluding hydrogens is 328 g/mol. The van der Waals surface area contributed by atoms with E-state index in [1.54, 1.807) is 29.1 Å². The highest BCUT2D eigenvalue weighted by atomic mass is 16.2. The molecular formula is C20H20N4O2. The molecule has 3 rings (SSSR count). The predicted octanol–water partition coefficient (Wildman–Crippen LogP) is 3.70. The maximum atomic E-state index is 12.7. The molecule has 1 heterocycles. The number of nitrogens with one attached hydrogen (secondary N) is 2. The Kier molecular flexibility index (Phi) is 4.84. The van der Waals surface area contributed by atoms with Crippen LogP contribution in [0, 0.1) is 13.8 Å². The Hall–Kier alpha value is -3.41. The van der Waals surface area contributed by atoms with Crippen molar-refractivity contribution < 1.29 is 9.59 Å². The van der Waals surface area contributed by atoms with Crippen molar-refractivity contribution in [2.45, 2.75) is 20.8 Å². The third kappa shape index (κ3) is 3.49. The third-order valence-electron chi connectivity index (χ3n) is 4.15. The van der Waals surface area contributed by atoms with Crippen molar-refractivity contribution in [3.63, 3.8) is 0 Å². The summed E-state index contributed by atoms with van der Waals surface area (Å²) in [4.78, 5) is 24.0.